The molecular formula is C8H9NOS. The number of ether oxygens (including phenoxy) is 1. The maximum absolute atomic E-state index is 5.27. The molecule has 0 aliphatic carbocycles. The molecule has 0 saturated carbocycles. The summed E-state index contributed by atoms with van der Waals surface area (Å²) >= 11 is 1.78. The van der Waals surface area contributed by atoms with Gasteiger partial charge in [0.15, 0.2) is 12.5 Å². The normalized spacial score (nSPS) is 22.1. The van der Waals surface area contributed by atoms with E-state index in [2.05, 4.69) is 24.0 Å². The fraction of sp³-hybridized carbons (Fsp3) is 0.375. The Morgan fingerprint density at radius 1 is 1.64 bits per heavy atom. The number of thiophene rings is 1. The van der Waals surface area contributed by atoms with Gasteiger partial charge >= 0.3 is 0 Å². The zero-order valence-electron chi connectivity index (χ0n) is 6.28. The first kappa shape index (κ1) is 6.85. The van der Waals surface area contributed by atoms with Crippen LogP contribution in [0.4, 0.5) is 0 Å². The van der Waals surface area contributed by atoms with Gasteiger partial charge in [-0.25, -0.2) is 0 Å². The fourth-order valence-electron chi connectivity index (χ4n) is 1.08. The van der Waals surface area contributed by atoms with Crippen molar-refractivity contribution >= 4 is 17.7 Å². The topological polar surface area (TPSA) is 21.6 Å². The molecule has 0 saturated heterocycles. The number of aryl methyl sites for hydroxylation is 1. The first-order valence-electron chi connectivity index (χ1n) is 3.56. The lowest BCUT2D eigenvalue weighted by molar-refractivity contribution is 0.244. The van der Waals surface area contributed by atoms with Crippen LogP contribution in [0.2, 0.25) is 0 Å². The van der Waals surface area contributed by atoms with Crippen molar-refractivity contribution in [3.05, 3.63) is 21.9 Å². The summed E-state index contributed by atoms with van der Waals surface area (Å²) in [6.07, 6.45) is 1.73. The molecule has 0 aromatic carbocycles. The largest absolute Gasteiger partial charge is 0.473 e. The zero-order valence-corrected chi connectivity index (χ0v) is 7.10. The molecule has 1 aliphatic heterocycles. The van der Waals surface area contributed by atoms with Crippen LogP contribution in [0, 0.1) is 6.92 Å². The van der Waals surface area contributed by atoms with Crippen molar-refractivity contribution in [1.29, 1.82) is 0 Å². The molecule has 0 fully saturated rings. The van der Waals surface area contributed by atoms with Crippen molar-refractivity contribution in [2.24, 2.45) is 4.99 Å². The van der Waals surface area contributed by atoms with E-state index in [4.69, 9.17) is 4.74 Å². The third kappa shape index (κ3) is 1.28. The second kappa shape index (κ2) is 2.66. The molecule has 0 spiro atoms. The summed E-state index contributed by atoms with van der Waals surface area (Å²) in [6.45, 7) is 2.88. The van der Waals surface area contributed by atoms with Crippen LogP contribution in [-0.4, -0.2) is 12.9 Å². The molecule has 3 heteroatoms. The standard InChI is InChI=1S/C8H9NOS/c1-6-2-3-8(11-6)7-4-9-5-10-7/h2-3,5,7H,4H2,1H3. The monoisotopic (exact) mass is 167 g/mol. The second-order valence-corrected chi connectivity index (χ2v) is 3.86. The lowest BCUT2D eigenvalue weighted by atomic mass is 10.3. The van der Waals surface area contributed by atoms with Gasteiger partial charge in [-0.05, 0) is 19.1 Å². The van der Waals surface area contributed by atoms with Gasteiger partial charge in [0, 0.05) is 9.75 Å². The summed E-state index contributed by atoms with van der Waals surface area (Å²) < 4.78 is 5.27. The van der Waals surface area contributed by atoms with Crippen LogP contribution in [0.1, 0.15) is 15.9 Å². The molecule has 0 N–H and O–H groups in total. The van der Waals surface area contributed by atoms with E-state index in [1.807, 2.05) is 0 Å². The molecule has 2 rings (SSSR count). The van der Waals surface area contributed by atoms with E-state index in [0.29, 0.717) is 0 Å². The number of rotatable bonds is 1. The number of hydrogen-bond donors (Lipinski definition) is 0. The Balaban J connectivity index is 2.17. The highest BCUT2D eigenvalue weighted by Crippen LogP contribution is 2.27. The average molecular weight is 167 g/mol. The Morgan fingerprint density at radius 3 is 3.09 bits per heavy atom. The molecule has 1 atom stereocenters. The third-order valence-electron chi connectivity index (χ3n) is 1.65. The maximum atomic E-state index is 5.27. The zero-order chi connectivity index (χ0) is 7.68. The van der Waals surface area contributed by atoms with Crippen LogP contribution in [-0.2, 0) is 4.74 Å². The molecule has 1 unspecified atom stereocenters. The predicted molar refractivity (Wildman–Crippen MR) is 46.2 cm³/mol. The molecular weight excluding hydrogens is 158 g/mol. The van der Waals surface area contributed by atoms with E-state index in [1.54, 1.807) is 17.7 Å². The summed E-state index contributed by atoms with van der Waals surface area (Å²) in [5.74, 6) is 0. The highest BCUT2D eigenvalue weighted by Gasteiger charge is 2.16. The molecule has 1 aromatic heterocycles. The third-order valence-corrected chi connectivity index (χ3v) is 2.74. The van der Waals surface area contributed by atoms with Crippen LogP contribution in [0.5, 0.6) is 0 Å². The van der Waals surface area contributed by atoms with Crippen LogP contribution in [0.25, 0.3) is 0 Å². The number of aliphatic imine (C=N–C) groups is 1. The van der Waals surface area contributed by atoms with Gasteiger partial charge in [0.2, 0.25) is 0 Å². The summed E-state index contributed by atoms with van der Waals surface area (Å²) in [7, 11) is 0. The van der Waals surface area contributed by atoms with Gasteiger partial charge < -0.3 is 4.74 Å². The first-order chi connectivity index (χ1) is 5.36. The molecule has 1 aliphatic rings. The predicted octanol–water partition coefficient (Wildman–Crippen LogP) is 2.16. The highest BCUT2D eigenvalue weighted by molar-refractivity contribution is 7.12. The van der Waals surface area contributed by atoms with Crippen LogP contribution < -0.4 is 0 Å². The molecule has 0 amide bonds. The summed E-state index contributed by atoms with van der Waals surface area (Å²) in [5, 5.41) is 0. The molecule has 11 heavy (non-hydrogen) atoms. The molecule has 0 bridgehead atoms. The Morgan fingerprint density at radius 2 is 2.55 bits per heavy atom. The molecule has 2 heterocycles. The van der Waals surface area contributed by atoms with Gasteiger partial charge in [0.25, 0.3) is 0 Å². The fourth-order valence-corrected chi connectivity index (χ4v) is 1.99. The smallest absolute Gasteiger partial charge is 0.170 e. The van der Waals surface area contributed by atoms with E-state index < -0.39 is 0 Å². The van der Waals surface area contributed by atoms with Gasteiger partial charge in [-0.2, -0.15) is 0 Å². The minimum Gasteiger partial charge on any atom is -0.473 e. The van der Waals surface area contributed by atoms with E-state index in [9.17, 15) is 0 Å². The Bertz CT molecular complexity index is 271. The quantitative estimate of drug-likeness (QED) is 0.628. The Hall–Kier alpha value is -0.830. The van der Waals surface area contributed by atoms with E-state index in [0.717, 1.165) is 6.54 Å². The maximum Gasteiger partial charge on any atom is 0.170 e. The average Bonchev–Trinajstić information content (AvgIpc) is 2.55. The van der Waals surface area contributed by atoms with Crippen molar-refractivity contribution < 1.29 is 4.74 Å². The first-order valence-corrected chi connectivity index (χ1v) is 4.38. The lowest BCUT2D eigenvalue weighted by Gasteiger charge is -2.03. The van der Waals surface area contributed by atoms with Crippen LogP contribution >= 0.6 is 11.3 Å². The SMILES string of the molecule is Cc1ccc(C2CN=CO2)s1. The van der Waals surface area contributed by atoms with Crippen LogP contribution in [0.15, 0.2) is 17.1 Å². The summed E-state index contributed by atoms with van der Waals surface area (Å²) in [5.41, 5.74) is 0. The number of hydrogen-bond acceptors (Lipinski definition) is 3. The molecule has 0 radical (unpaired) electrons. The molecule has 58 valence electrons. The van der Waals surface area contributed by atoms with Gasteiger partial charge in [-0.3, -0.25) is 4.99 Å². The van der Waals surface area contributed by atoms with E-state index >= 15 is 0 Å². The molecule has 2 nitrogen and oxygen atoms in total. The lowest BCUT2D eigenvalue weighted by Crippen LogP contribution is -1.96. The van der Waals surface area contributed by atoms with Crippen molar-refractivity contribution in [2.45, 2.75) is 13.0 Å². The van der Waals surface area contributed by atoms with Crippen molar-refractivity contribution in [2.75, 3.05) is 6.54 Å². The van der Waals surface area contributed by atoms with E-state index in [1.165, 1.54) is 9.75 Å². The minimum absolute atomic E-state index is 0.189. The highest BCUT2D eigenvalue weighted by atomic mass is 32.1. The second-order valence-electron chi connectivity index (χ2n) is 2.54. The summed E-state index contributed by atoms with van der Waals surface area (Å²) in [6, 6.07) is 4.22. The van der Waals surface area contributed by atoms with Gasteiger partial charge in [0.1, 0.15) is 0 Å². The van der Waals surface area contributed by atoms with Crippen LogP contribution in [0.3, 0.4) is 0 Å². The van der Waals surface area contributed by atoms with Crippen molar-refractivity contribution in [1.82, 2.24) is 0 Å². The van der Waals surface area contributed by atoms with E-state index in [-0.39, 0.29) is 6.10 Å². The minimum atomic E-state index is 0.189. The van der Waals surface area contributed by atoms with Gasteiger partial charge in [0.05, 0.1) is 6.54 Å². The van der Waals surface area contributed by atoms with Gasteiger partial charge in [-0.15, -0.1) is 11.3 Å². The van der Waals surface area contributed by atoms with Gasteiger partial charge in [-0.1, -0.05) is 0 Å². The number of nitrogens with zero attached hydrogens (tertiary/aromatic N) is 1. The van der Waals surface area contributed by atoms with Crippen molar-refractivity contribution in [3.8, 4) is 0 Å². The Kier molecular flexibility index (Phi) is 1.66. The Labute approximate surface area is 69.5 Å². The van der Waals surface area contributed by atoms with Crippen molar-refractivity contribution in [3.63, 3.8) is 0 Å². The molecule has 1 aromatic rings. The summed E-state index contributed by atoms with van der Waals surface area (Å²) in [4.78, 5) is 6.62.